The number of phenolic OH excluding ortho intramolecular Hbond substituents is 1. The Hall–Kier alpha value is -3.10. The van der Waals surface area contributed by atoms with Crippen LogP contribution in [0.1, 0.15) is 47.4 Å². The van der Waals surface area contributed by atoms with E-state index in [2.05, 4.69) is 15.1 Å². The summed E-state index contributed by atoms with van der Waals surface area (Å²) in [5.74, 6) is 0.534. The topological polar surface area (TPSA) is 90.9 Å². The van der Waals surface area contributed by atoms with Gasteiger partial charge in [-0.3, -0.25) is 9.89 Å². The molecule has 1 aliphatic heterocycles. The molecule has 0 saturated heterocycles. The number of benzene rings is 2. The molecule has 1 aliphatic rings. The normalized spacial score (nSPS) is 13.3. The van der Waals surface area contributed by atoms with Crippen LogP contribution in [0.2, 0.25) is 0 Å². The van der Waals surface area contributed by atoms with Gasteiger partial charge in [0.15, 0.2) is 0 Å². The molecular weight excluding hydrogens is 420 g/mol. The Balaban J connectivity index is 1.47. The van der Waals surface area contributed by atoms with Crippen LogP contribution in [-0.2, 0) is 24.4 Å². The van der Waals surface area contributed by atoms with E-state index in [4.69, 9.17) is 9.47 Å². The molecule has 2 heterocycles. The first-order valence-corrected chi connectivity index (χ1v) is 11.3. The largest absolute Gasteiger partial charge is 0.507 e. The van der Waals surface area contributed by atoms with E-state index in [0.29, 0.717) is 31.8 Å². The summed E-state index contributed by atoms with van der Waals surface area (Å²) in [7, 11) is 4.09. The quantitative estimate of drug-likeness (QED) is 0.482. The fourth-order valence-corrected chi connectivity index (χ4v) is 3.98. The lowest BCUT2D eigenvalue weighted by Crippen LogP contribution is -2.25. The molecule has 2 N–H and O–H groups in total. The maximum atomic E-state index is 13.3. The molecule has 2 aromatic carbocycles. The first-order valence-electron chi connectivity index (χ1n) is 11.3. The maximum absolute atomic E-state index is 13.3. The summed E-state index contributed by atoms with van der Waals surface area (Å²) in [4.78, 5) is 17.2. The minimum atomic E-state index is -0.212. The number of nitrogens with one attached hydrogen (secondary N) is 1. The van der Waals surface area contributed by atoms with Gasteiger partial charge in [-0.05, 0) is 63.7 Å². The van der Waals surface area contributed by atoms with Gasteiger partial charge in [0.2, 0.25) is 0 Å². The summed E-state index contributed by atoms with van der Waals surface area (Å²) in [6, 6.07) is 9.22. The minimum absolute atomic E-state index is 0.0730. The van der Waals surface area contributed by atoms with E-state index >= 15 is 0 Å². The number of hydrogen-bond donors (Lipinski definition) is 2. The van der Waals surface area contributed by atoms with Crippen molar-refractivity contribution in [1.29, 1.82) is 0 Å². The summed E-state index contributed by atoms with van der Waals surface area (Å²) < 4.78 is 11.6. The molecule has 1 amide bonds. The van der Waals surface area contributed by atoms with Crippen molar-refractivity contribution in [3.8, 4) is 11.5 Å². The van der Waals surface area contributed by atoms with Crippen molar-refractivity contribution < 1.29 is 19.4 Å². The van der Waals surface area contributed by atoms with E-state index in [9.17, 15) is 9.90 Å². The molecular formula is C25H32N4O4. The molecule has 0 spiro atoms. The molecule has 0 bridgehead atoms. The highest BCUT2D eigenvalue weighted by Gasteiger charge is 2.27. The fourth-order valence-electron chi connectivity index (χ4n) is 3.98. The first kappa shape index (κ1) is 23.1. The van der Waals surface area contributed by atoms with Crippen LogP contribution in [0.25, 0.3) is 10.9 Å². The van der Waals surface area contributed by atoms with Crippen LogP contribution in [0, 0.1) is 0 Å². The Morgan fingerprint density at radius 2 is 2.00 bits per heavy atom. The maximum Gasteiger partial charge on any atom is 0.258 e. The molecule has 176 valence electrons. The number of H-pyrrole nitrogens is 1. The van der Waals surface area contributed by atoms with E-state index in [1.54, 1.807) is 11.0 Å². The third-order valence-corrected chi connectivity index (χ3v) is 5.75. The molecule has 3 aromatic rings. The number of aromatic amines is 1. The van der Waals surface area contributed by atoms with Crippen molar-refractivity contribution in [2.24, 2.45) is 0 Å². The van der Waals surface area contributed by atoms with Gasteiger partial charge in [0.25, 0.3) is 5.91 Å². The van der Waals surface area contributed by atoms with Gasteiger partial charge >= 0.3 is 0 Å². The lowest BCUT2D eigenvalue weighted by Gasteiger charge is -2.16. The van der Waals surface area contributed by atoms with Gasteiger partial charge in [-0.25, -0.2) is 0 Å². The second kappa shape index (κ2) is 9.80. The van der Waals surface area contributed by atoms with Gasteiger partial charge in [0, 0.05) is 31.1 Å². The SMILES string of the molecule is CC(C)OCc1[nH]nc2cc(O)c(C(=O)N3Cc4ccc(OCCCN(C)C)cc4C3)cc12. The third-order valence-electron chi connectivity index (χ3n) is 5.75. The molecule has 0 aliphatic carbocycles. The van der Waals surface area contributed by atoms with Gasteiger partial charge in [0.1, 0.15) is 11.5 Å². The van der Waals surface area contributed by atoms with E-state index in [1.165, 1.54) is 6.07 Å². The highest BCUT2D eigenvalue weighted by atomic mass is 16.5. The fraction of sp³-hybridized carbons (Fsp3) is 0.440. The van der Waals surface area contributed by atoms with E-state index in [-0.39, 0.29) is 23.3 Å². The number of ether oxygens (including phenoxy) is 2. The molecule has 0 unspecified atom stereocenters. The van der Waals surface area contributed by atoms with Crippen molar-refractivity contribution in [3.05, 3.63) is 52.7 Å². The molecule has 8 heteroatoms. The second-order valence-electron chi connectivity index (χ2n) is 9.05. The van der Waals surface area contributed by atoms with Gasteiger partial charge < -0.3 is 24.4 Å². The Bertz CT molecular complexity index is 1140. The monoisotopic (exact) mass is 452 g/mol. The summed E-state index contributed by atoms with van der Waals surface area (Å²) in [5, 5.41) is 18.5. The van der Waals surface area contributed by atoms with Gasteiger partial charge in [0.05, 0.1) is 36.1 Å². The highest BCUT2D eigenvalue weighted by Crippen LogP contribution is 2.32. The Kier molecular flexibility index (Phi) is 6.85. The Morgan fingerprint density at radius 3 is 2.76 bits per heavy atom. The third kappa shape index (κ3) is 5.29. The standard InChI is InChI=1S/C25H32N4O4/c1-16(2)33-15-23-20-11-21(24(30)12-22(20)26-27-23)25(31)29-13-17-6-7-19(10-18(17)14-29)32-9-5-8-28(3)4/h6-7,10-12,16,30H,5,8-9,13-15H2,1-4H3,(H,26,27). The molecule has 4 rings (SSSR count). The number of carbonyl (C=O) groups excluding carboxylic acids is 1. The molecule has 0 saturated carbocycles. The van der Waals surface area contributed by atoms with Crippen LogP contribution in [0.5, 0.6) is 11.5 Å². The van der Waals surface area contributed by atoms with Gasteiger partial charge in [-0.15, -0.1) is 0 Å². The molecule has 0 radical (unpaired) electrons. The molecule has 0 atom stereocenters. The number of phenols is 1. The van der Waals surface area contributed by atoms with Crippen molar-refractivity contribution in [2.45, 2.75) is 46.1 Å². The number of fused-ring (bicyclic) bond motifs is 2. The predicted molar refractivity (Wildman–Crippen MR) is 126 cm³/mol. The first-order chi connectivity index (χ1) is 15.8. The highest BCUT2D eigenvalue weighted by molar-refractivity contribution is 6.01. The number of aromatic nitrogens is 2. The summed E-state index contributed by atoms with van der Waals surface area (Å²) in [5.41, 5.74) is 3.82. The lowest BCUT2D eigenvalue weighted by atomic mass is 10.1. The Morgan fingerprint density at radius 1 is 1.21 bits per heavy atom. The van der Waals surface area contributed by atoms with E-state index < -0.39 is 0 Å². The van der Waals surface area contributed by atoms with Crippen molar-refractivity contribution in [2.75, 3.05) is 27.2 Å². The molecule has 1 aromatic heterocycles. The zero-order chi connectivity index (χ0) is 23.5. The molecule has 8 nitrogen and oxygen atoms in total. The van der Waals surface area contributed by atoms with Crippen LogP contribution in [0.3, 0.4) is 0 Å². The lowest BCUT2D eigenvalue weighted by molar-refractivity contribution is 0.0642. The van der Waals surface area contributed by atoms with Gasteiger partial charge in [-0.1, -0.05) is 6.07 Å². The minimum Gasteiger partial charge on any atom is -0.507 e. The molecule has 33 heavy (non-hydrogen) atoms. The number of hydrogen-bond acceptors (Lipinski definition) is 6. The number of rotatable bonds is 9. The number of carbonyl (C=O) groups is 1. The van der Waals surface area contributed by atoms with Crippen LogP contribution in [-0.4, -0.2) is 64.4 Å². The van der Waals surface area contributed by atoms with Crippen LogP contribution in [0.15, 0.2) is 30.3 Å². The average molecular weight is 453 g/mol. The van der Waals surface area contributed by atoms with Crippen molar-refractivity contribution in [3.63, 3.8) is 0 Å². The number of nitrogens with zero attached hydrogens (tertiary/aromatic N) is 3. The van der Waals surface area contributed by atoms with Crippen LogP contribution < -0.4 is 4.74 Å². The van der Waals surface area contributed by atoms with Crippen molar-refractivity contribution in [1.82, 2.24) is 20.0 Å². The molecule has 0 fully saturated rings. The summed E-state index contributed by atoms with van der Waals surface area (Å²) >= 11 is 0. The zero-order valence-electron chi connectivity index (χ0n) is 19.7. The smallest absolute Gasteiger partial charge is 0.258 e. The van der Waals surface area contributed by atoms with Crippen molar-refractivity contribution >= 4 is 16.8 Å². The summed E-state index contributed by atoms with van der Waals surface area (Å²) in [6.45, 7) is 6.90. The predicted octanol–water partition coefficient (Wildman–Crippen LogP) is 3.68. The zero-order valence-corrected chi connectivity index (χ0v) is 19.7. The van der Waals surface area contributed by atoms with Crippen LogP contribution in [0.4, 0.5) is 0 Å². The summed E-state index contributed by atoms with van der Waals surface area (Å²) in [6.07, 6.45) is 1.03. The average Bonchev–Trinajstić information content (AvgIpc) is 3.37. The van der Waals surface area contributed by atoms with Gasteiger partial charge in [-0.2, -0.15) is 5.10 Å². The second-order valence-corrected chi connectivity index (χ2v) is 9.05. The van der Waals surface area contributed by atoms with Crippen LogP contribution >= 0.6 is 0 Å². The number of amides is 1. The number of aromatic hydroxyl groups is 1. The van der Waals surface area contributed by atoms with E-state index in [1.807, 2.05) is 46.1 Å². The Labute approximate surface area is 194 Å². The van der Waals surface area contributed by atoms with E-state index in [0.717, 1.165) is 40.9 Å².